The predicted octanol–water partition coefficient (Wildman–Crippen LogP) is 0.0960. The molecule has 0 aliphatic rings. The van der Waals surface area contributed by atoms with Gasteiger partial charge in [0.25, 0.3) is 0 Å². The standard InChI is InChI=1S/C20H30N4O4/c1-21-12-6-4-5-7-19(20(27)28-3)22-23(2)17-8-10-18(11-9-17)24(13-15-25)14-16-26/h4-6,8-12,21,25-26H,7,13-16H2,1-3H3/p+1/b5-4-,12-6-,22-19-. The Morgan fingerprint density at radius 2 is 1.75 bits per heavy atom. The van der Waals surface area contributed by atoms with Crippen LogP contribution in [0.1, 0.15) is 6.42 Å². The lowest BCUT2D eigenvalue weighted by molar-refractivity contribution is -0.556. The number of methoxy groups -OCH3 is 1. The van der Waals surface area contributed by atoms with Gasteiger partial charge < -0.3 is 25.2 Å². The molecule has 0 heterocycles. The van der Waals surface area contributed by atoms with E-state index in [1.165, 1.54) is 7.11 Å². The quantitative estimate of drug-likeness (QED) is 0.202. The van der Waals surface area contributed by atoms with E-state index < -0.39 is 5.97 Å². The van der Waals surface area contributed by atoms with Crippen LogP contribution in [0.2, 0.25) is 0 Å². The molecule has 8 nitrogen and oxygen atoms in total. The Balaban J connectivity index is 2.92. The van der Waals surface area contributed by atoms with Crippen molar-refractivity contribution in [1.82, 2.24) is 0 Å². The molecule has 1 aromatic rings. The molecule has 0 aliphatic carbocycles. The number of esters is 1. The number of ether oxygens (including phenoxy) is 1. The number of allylic oxidation sites excluding steroid dienone is 3. The third-order valence-electron chi connectivity index (χ3n) is 3.88. The van der Waals surface area contributed by atoms with E-state index in [1.54, 1.807) is 12.1 Å². The lowest BCUT2D eigenvalue weighted by atomic mass is 10.2. The molecule has 1 aromatic carbocycles. The Kier molecular flexibility index (Phi) is 11.2. The zero-order valence-corrected chi connectivity index (χ0v) is 16.8. The summed E-state index contributed by atoms with van der Waals surface area (Å²) in [6.07, 6.45) is 7.82. The highest BCUT2D eigenvalue weighted by atomic mass is 16.5. The van der Waals surface area contributed by atoms with Gasteiger partial charge >= 0.3 is 5.97 Å². The van der Waals surface area contributed by atoms with Gasteiger partial charge in [-0.3, -0.25) is 5.01 Å². The molecule has 0 aromatic heterocycles. The van der Waals surface area contributed by atoms with Crippen molar-refractivity contribution in [2.24, 2.45) is 5.10 Å². The first kappa shape index (κ1) is 23.4. The number of carbonyl (C=O) groups is 1. The van der Waals surface area contributed by atoms with Crippen molar-refractivity contribution in [3.63, 3.8) is 0 Å². The molecule has 4 N–H and O–H groups in total. The molecule has 0 amide bonds. The van der Waals surface area contributed by atoms with Gasteiger partial charge in [0.1, 0.15) is 5.71 Å². The Morgan fingerprint density at radius 1 is 1.14 bits per heavy atom. The van der Waals surface area contributed by atoms with Crippen LogP contribution < -0.4 is 15.2 Å². The maximum Gasteiger partial charge on any atom is 0.354 e. The average molecular weight is 391 g/mol. The highest BCUT2D eigenvalue weighted by Gasteiger charge is 2.12. The first-order valence-corrected chi connectivity index (χ1v) is 9.14. The third-order valence-corrected chi connectivity index (χ3v) is 3.88. The van der Waals surface area contributed by atoms with E-state index in [9.17, 15) is 4.79 Å². The highest BCUT2D eigenvalue weighted by molar-refractivity contribution is 6.36. The van der Waals surface area contributed by atoms with Crippen LogP contribution in [0.3, 0.4) is 0 Å². The molecule has 0 saturated heterocycles. The van der Waals surface area contributed by atoms with E-state index in [4.69, 9.17) is 14.9 Å². The fraction of sp³-hybridized carbons (Fsp3) is 0.400. The minimum atomic E-state index is -0.476. The second-order valence-electron chi connectivity index (χ2n) is 5.86. The molecule has 0 aliphatic heterocycles. The van der Waals surface area contributed by atoms with Gasteiger partial charge in [-0.05, 0) is 30.3 Å². The normalized spacial score (nSPS) is 12.0. The van der Waals surface area contributed by atoms with Gasteiger partial charge in [0, 0.05) is 32.2 Å². The van der Waals surface area contributed by atoms with Gasteiger partial charge in [-0.25, -0.2) is 4.79 Å². The van der Waals surface area contributed by atoms with Crippen molar-refractivity contribution in [1.29, 1.82) is 0 Å². The Morgan fingerprint density at radius 3 is 2.29 bits per heavy atom. The molecule has 8 heteroatoms. The molecule has 0 atom stereocenters. The number of quaternary nitrogens is 1. The maximum atomic E-state index is 12.0. The van der Waals surface area contributed by atoms with Crippen LogP contribution in [-0.4, -0.2) is 69.4 Å². The van der Waals surface area contributed by atoms with E-state index in [0.717, 1.165) is 11.4 Å². The van der Waals surface area contributed by atoms with E-state index >= 15 is 0 Å². The van der Waals surface area contributed by atoms with Gasteiger partial charge in [-0.2, -0.15) is 5.10 Å². The first-order chi connectivity index (χ1) is 13.6. The summed E-state index contributed by atoms with van der Waals surface area (Å²) in [5, 5.41) is 26.2. The summed E-state index contributed by atoms with van der Waals surface area (Å²) >= 11 is 0. The van der Waals surface area contributed by atoms with Gasteiger partial charge in [-0.1, -0.05) is 12.2 Å². The number of rotatable bonds is 12. The maximum absolute atomic E-state index is 12.0. The largest absolute Gasteiger partial charge is 0.464 e. The second-order valence-corrected chi connectivity index (χ2v) is 5.86. The SMILES string of the molecule is C[NH2+]/C=C\C=C/C/C(=N/N(C)c1ccc(N(CCO)CCO)cc1)C(=O)OC. The van der Waals surface area contributed by atoms with E-state index in [1.807, 2.05) is 66.0 Å². The average Bonchev–Trinajstić information content (AvgIpc) is 2.72. The van der Waals surface area contributed by atoms with Crippen LogP contribution in [0, 0.1) is 0 Å². The number of nitrogens with two attached hydrogens (primary N) is 1. The Labute approximate surface area is 166 Å². The number of carbonyl (C=O) groups excluding carboxylic acids is 1. The number of nitrogens with zero attached hydrogens (tertiary/aromatic N) is 3. The zero-order valence-electron chi connectivity index (χ0n) is 16.8. The molecule has 1 rings (SSSR count). The van der Waals surface area contributed by atoms with Gasteiger partial charge in [0.05, 0.1) is 39.3 Å². The summed E-state index contributed by atoms with van der Waals surface area (Å²) < 4.78 is 4.82. The number of hydrazone groups is 1. The van der Waals surface area contributed by atoms with E-state index in [2.05, 4.69) is 5.10 Å². The van der Waals surface area contributed by atoms with Crippen molar-refractivity contribution in [2.45, 2.75) is 6.42 Å². The molecule has 0 radical (unpaired) electrons. The molecular formula is C20H31N4O4+. The number of aliphatic hydroxyl groups excluding tert-OH is 2. The summed E-state index contributed by atoms with van der Waals surface area (Å²) in [7, 11) is 5.02. The molecule has 0 bridgehead atoms. The molecular weight excluding hydrogens is 360 g/mol. The van der Waals surface area contributed by atoms with Gasteiger partial charge in [0.2, 0.25) is 0 Å². The van der Waals surface area contributed by atoms with Crippen LogP contribution in [0.25, 0.3) is 0 Å². The zero-order chi connectivity index (χ0) is 20.8. The summed E-state index contributed by atoms with van der Waals surface area (Å²) in [5.41, 5.74) is 1.98. The summed E-state index contributed by atoms with van der Waals surface area (Å²) in [4.78, 5) is 13.9. The summed E-state index contributed by atoms with van der Waals surface area (Å²) in [6.45, 7) is 0.898. The first-order valence-electron chi connectivity index (χ1n) is 9.14. The van der Waals surface area contributed by atoms with Crippen molar-refractivity contribution in [3.05, 3.63) is 48.7 Å². The van der Waals surface area contributed by atoms with Gasteiger partial charge in [0.15, 0.2) is 0 Å². The minimum absolute atomic E-state index is 0.00737. The third kappa shape index (κ3) is 7.91. The topological polar surface area (TPSA) is 102 Å². The van der Waals surface area contributed by atoms with Crippen LogP contribution in [0.4, 0.5) is 11.4 Å². The fourth-order valence-corrected chi connectivity index (χ4v) is 2.45. The lowest BCUT2D eigenvalue weighted by Crippen LogP contribution is -2.72. The van der Waals surface area contributed by atoms with Gasteiger partial charge in [-0.15, -0.1) is 0 Å². The smallest absolute Gasteiger partial charge is 0.354 e. The monoisotopic (exact) mass is 391 g/mol. The Bertz CT molecular complexity index is 665. The number of hydrogen-bond acceptors (Lipinski definition) is 7. The summed E-state index contributed by atoms with van der Waals surface area (Å²) in [5.74, 6) is -0.476. The van der Waals surface area contributed by atoms with Crippen LogP contribution in [-0.2, 0) is 9.53 Å². The number of aliphatic hydroxyl groups is 2. The van der Waals surface area contributed by atoms with Crippen LogP contribution in [0.5, 0.6) is 0 Å². The van der Waals surface area contributed by atoms with E-state index in [0.29, 0.717) is 25.2 Å². The van der Waals surface area contributed by atoms with Crippen molar-refractivity contribution >= 4 is 23.1 Å². The number of hydrogen-bond donors (Lipinski definition) is 3. The van der Waals surface area contributed by atoms with Crippen LogP contribution >= 0.6 is 0 Å². The van der Waals surface area contributed by atoms with Crippen LogP contribution in [0.15, 0.2) is 53.8 Å². The van der Waals surface area contributed by atoms with Crippen molar-refractivity contribution in [2.75, 3.05) is 57.4 Å². The highest BCUT2D eigenvalue weighted by Crippen LogP contribution is 2.20. The molecule has 0 spiro atoms. The molecule has 0 saturated carbocycles. The number of benzene rings is 1. The Hall–Kier alpha value is -2.68. The molecule has 0 unspecified atom stereocenters. The second kappa shape index (κ2) is 13.5. The fourth-order valence-electron chi connectivity index (χ4n) is 2.45. The van der Waals surface area contributed by atoms with E-state index in [-0.39, 0.29) is 13.2 Å². The number of anilines is 2. The summed E-state index contributed by atoms with van der Waals surface area (Å²) in [6, 6.07) is 7.50. The van der Waals surface area contributed by atoms with Crippen molar-refractivity contribution < 1.29 is 25.1 Å². The molecule has 154 valence electrons. The van der Waals surface area contributed by atoms with Crippen molar-refractivity contribution in [3.8, 4) is 0 Å². The molecule has 28 heavy (non-hydrogen) atoms. The predicted molar refractivity (Wildman–Crippen MR) is 111 cm³/mol. The lowest BCUT2D eigenvalue weighted by Gasteiger charge is -2.23. The molecule has 0 fully saturated rings. The minimum Gasteiger partial charge on any atom is -0.464 e.